The quantitative estimate of drug-likeness (QED) is 0.618. The minimum atomic E-state index is -0.708. The Labute approximate surface area is 129 Å². The number of nitro groups is 1. The number of nitrogens with zero attached hydrogens (tertiary/aromatic N) is 2. The number of aromatic amines is 1. The Morgan fingerprint density at radius 2 is 2.09 bits per heavy atom. The van der Waals surface area contributed by atoms with Crippen molar-refractivity contribution in [1.29, 1.82) is 0 Å². The van der Waals surface area contributed by atoms with Crippen molar-refractivity contribution in [3.05, 3.63) is 67.0 Å². The number of aryl methyl sites for hydroxylation is 1. The van der Waals surface area contributed by atoms with E-state index in [1.807, 2.05) is 4.98 Å². The van der Waals surface area contributed by atoms with Gasteiger partial charge in [-0.2, -0.15) is 0 Å². The highest BCUT2D eigenvalue weighted by Gasteiger charge is 2.14. The number of nitro benzene ring substituents is 1. The number of carbonyl (C=O) groups excluding carboxylic acids is 1. The van der Waals surface area contributed by atoms with E-state index in [1.54, 1.807) is 19.1 Å². The molecular weight excluding hydrogens is 304 g/mol. The van der Waals surface area contributed by atoms with Crippen LogP contribution >= 0.6 is 0 Å². The summed E-state index contributed by atoms with van der Waals surface area (Å²) in [5.41, 5.74) is -0.523. The van der Waals surface area contributed by atoms with Crippen molar-refractivity contribution in [1.82, 2.24) is 9.55 Å². The fraction of sp³-hybridized carbons (Fsp3) is 0.214. The fourth-order valence-electron chi connectivity index (χ4n) is 2.03. The first kappa shape index (κ1) is 16.1. The highest BCUT2D eigenvalue weighted by molar-refractivity contribution is 5.91. The molecule has 0 saturated carbocycles. The maximum atomic E-state index is 11.9. The topological polar surface area (TPSA) is 127 Å². The largest absolute Gasteiger partial charge is 0.328 e. The van der Waals surface area contributed by atoms with Crippen LogP contribution in [0.2, 0.25) is 0 Å². The van der Waals surface area contributed by atoms with Gasteiger partial charge in [0, 0.05) is 29.6 Å². The summed E-state index contributed by atoms with van der Waals surface area (Å²) in [7, 11) is 0. The Hall–Kier alpha value is -3.23. The highest BCUT2D eigenvalue weighted by atomic mass is 16.6. The van der Waals surface area contributed by atoms with Crippen LogP contribution in [0.4, 0.5) is 11.4 Å². The molecule has 2 N–H and O–H groups in total. The van der Waals surface area contributed by atoms with Crippen LogP contribution in [0.25, 0.3) is 0 Å². The van der Waals surface area contributed by atoms with Crippen LogP contribution < -0.4 is 16.6 Å². The summed E-state index contributed by atoms with van der Waals surface area (Å²) in [6.07, 6.45) is 1.70. The molecule has 0 spiro atoms. The minimum absolute atomic E-state index is 0.0773. The third kappa shape index (κ3) is 3.90. The molecule has 0 bridgehead atoms. The number of benzene rings is 1. The average Bonchev–Trinajstić information content (AvgIpc) is 2.50. The minimum Gasteiger partial charge on any atom is -0.324 e. The molecule has 0 aliphatic carbocycles. The van der Waals surface area contributed by atoms with Crippen molar-refractivity contribution in [2.45, 2.75) is 19.9 Å². The number of nitrogens with one attached hydrogen (secondary N) is 2. The standard InChI is InChI=1S/C14H14N4O5/c1-2-9-3-4-10(7-11(9)18(22)23)15-13(20)8-17-6-5-12(19)16-14(17)21/h3-7H,2,8H2,1H3,(H,15,20)(H,16,19,21). The summed E-state index contributed by atoms with van der Waals surface area (Å²) in [5.74, 6) is -0.544. The van der Waals surface area contributed by atoms with Crippen LogP contribution in [-0.4, -0.2) is 20.4 Å². The lowest BCUT2D eigenvalue weighted by molar-refractivity contribution is -0.385. The lowest BCUT2D eigenvalue weighted by Gasteiger charge is -2.08. The van der Waals surface area contributed by atoms with Gasteiger partial charge in [0.2, 0.25) is 5.91 Å². The molecule has 23 heavy (non-hydrogen) atoms. The maximum Gasteiger partial charge on any atom is 0.328 e. The van der Waals surface area contributed by atoms with Crippen molar-refractivity contribution < 1.29 is 9.72 Å². The fourth-order valence-corrected chi connectivity index (χ4v) is 2.03. The molecule has 1 aromatic carbocycles. The molecule has 0 atom stereocenters. The maximum absolute atomic E-state index is 11.9. The van der Waals surface area contributed by atoms with E-state index in [1.165, 1.54) is 12.3 Å². The second kappa shape index (κ2) is 6.69. The van der Waals surface area contributed by atoms with E-state index in [-0.39, 0.29) is 17.9 Å². The summed E-state index contributed by atoms with van der Waals surface area (Å²) >= 11 is 0. The number of H-pyrrole nitrogens is 1. The van der Waals surface area contributed by atoms with Gasteiger partial charge < -0.3 is 5.32 Å². The predicted molar refractivity (Wildman–Crippen MR) is 82.4 cm³/mol. The average molecular weight is 318 g/mol. The SMILES string of the molecule is CCc1ccc(NC(=O)Cn2ccc(=O)[nH]c2=O)cc1[N+](=O)[O-]. The van der Waals surface area contributed by atoms with E-state index in [0.29, 0.717) is 12.0 Å². The first-order valence-corrected chi connectivity index (χ1v) is 6.77. The van der Waals surface area contributed by atoms with Crippen LogP contribution in [0.5, 0.6) is 0 Å². The van der Waals surface area contributed by atoms with Crippen LogP contribution in [-0.2, 0) is 17.8 Å². The molecule has 0 fully saturated rings. The van der Waals surface area contributed by atoms with Gasteiger partial charge in [0.1, 0.15) is 6.54 Å². The van der Waals surface area contributed by atoms with Crippen molar-refractivity contribution in [2.24, 2.45) is 0 Å². The highest BCUT2D eigenvalue weighted by Crippen LogP contribution is 2.23. The summed E-state index contributed by atoms with van der Waals surface area (Å²) in [4.78, 5) is 46.9. The molecule has 9 heteroatoms. The number of anilines is 1. The molecule has 1 heterocycles. The van der Waals surface area contributed by atoms with Gasteiger partial charge in [0.15, 0.2) is 0 Å². The van der Waals surface area contributed by atoms with Crippen molar-refractivity contribution in [3.8, 4) is 0 Å². The molecule has 0 unspecified atom stereocenters. The summed E-state index contributed by atoms with van der Waals surface area (Å²) in [5, 5.41) is 13.5. The molecule has 2 aromatic rings. The Kier molecular flexibility index (Phi) is 4.69. The number of rotatable bonds is 5. The normalized spacial score (nSPS) is 10.3. The Balaban J connectivity index is 2.17. The zero-order valence-electron chi connectivity index (χ0n) is 12.2. The van der Waals surface area contributed by atoms with E-state index in [2.05, 4.69) is 5.32 Å². The van der Waals surface area contributed by atoms with Gasteiger partial charge in [-0.05, 0) is 12.5 Å². The Bertz CT molecular complexity index is 868. The number of hydrogen-bond acceptors (Lipinski definition) is 5. The van der Waals surface area contributed by atoms with Crippen LogP contribution in [0.3, 0.4) is 0 Å². The summed E-state index contributed by atoms with van der Waals surface area (Å²) in [6, 6.07) is 5.52. The van der Waals surface area contributed by atoms with Crippen LogP contribution in [0, 0.1) is 10.1 Å². The molecular formula is C14H14N4O5. The second-order valence-corrected chi connectivity index (χ2v) is 4.74. The molecule has 0 radical (unpaired) electrons. The predicted octanol–water partition coefficient (Wildman–Crippen LogP) is 0.646. The zero-order valence-corrected chi connectivity index (χ0v) is 12.2. The monoisotopic (exact) mass is 318 g/mol. The van der Waals surface area contributed by atoms with Gasteiger partial charge >= 0.3 is 5.69 Å². The smallest absolute Gasteiger partial charge is 0.324 e. The third-order valence-corrected chi connectivity index (χ3v) is 3.16. The molecule has 120 valence electrons. The molecule has 2 rings (SSSR count). The first-order valence-electron chi connectivity index (χ1n) is 6.77. The van der Waals surface area contributed by atoms with E-state index >= 15 is 0 Å². The van der Waals surface area contributed by atoms with Crippen LogP contribution in [0.1, 0.15) is 12.5 Å². The Morgan fingerprint density at radius 1 is 1.35 bits per heavy atom. The van der Waals surface area contributed by atoms with Gasteiger partial charge in [0.05, 0.1) is 4.92 Å². The lowest BCUT2D eigenvalue weighted by atomic mass is 10.1. The Morgan fingerprint density at radius 3 is 2.70 bits per heavy atom. The summed E-state index contributed by atoms with van der Waals surface area (Å²) < 4.78 is 1.02. The van der Waals surface area contributed by atoms with E-state index in [0.717, 1.165) is 10.6 Å². The van der Waals surface area contributed by atoms with E-state index < -0.39 is 22.1 Å². The van der Waals surface area contributed by atoms with Gasteiger partial charge in [-0.3, -0.25) is 29.3 Å². The van der Waals surface area contributed by atoms with Gasteiger partial charge in [-0.25, -0.2) is 4.79 Å². The summed E-state index contributed by atoms with van der Waals surface area (Å²) in [6.45, 7) is 1.47. The molecule has 1 amide bonds. The number of hydrogen-bond donors (Lipinski definition) is 2. The first-order chi connectivity index (χ1) is 10.9. The number of amides is 1. The molecule has 1 aromatic heterocycles. The van der Waals surface area contributed by atoms with Crippen LogP contribution in [0.15, 0.2) is 40.1 Å². The zero-order chi connectivity index (χ0) is 17.0. The molecule has 0 saturated heterocycles. The van der Waals surface area contributed by atoms with Gasteiger partial charge in [-0.15, -0.1) is 0 Å². The second-order valence-electron chi connectivity index (χ2n) is 4.74. The van der Waals surface area contributed by atoms with Crippen molar-refractivity contribution in [2.75, 3.05) is 5.32 Å². The lowest BCUT2D eigenvalue weighted by Crippen LogP contribution is -2.32. The van der Waals surface area contributed by atoms with E-state index in [4.69, 9.17) is 0 Å². The van der Waals surface area contributed by atoms with Gasteiger partial charge in [0.25, 0.3) is 11.2 Å². The van der Waals surface area contributed by atoms with Crippen molar-refractivity contribution in [3.63, 3.8) is 0 Å². The van der Waals surface area contributed by atoms with E-state index in [9.17, 15) is 24.5 Å². The molecule has 0 aliphatic heterocycles. The molecule has 9 nitrogen and oxygen atoms in total. The number of aromatic nitrogens is 2. The number of carbonyl (C=O) groups is 1. The van der Waals surface area contributed by atoms with Crippen molar-refractivity contribution >= 4 is 17.3 Å². The third-order valence-electron chi connectivity index (χ3n) is 3.16. The van der Waals surface area contributed by atoms with Gasteiger partial charge in [-0.1, -0.05) is 13.0 Å². The molecule has 0 aliphatic rings.